The molecule has 1 atom stereocenters. The average Bonchev–Trinajstić information content (AvgIpc) is 3.13. The molecule has 0 aromatic heterocycles. The Bertz CT molecular complexity index is 1100. The van der Waals surface area contributed by atoms with Crippen molar-refractivity contribution in [1.82, 2.24) is 9.80 Å². The Hall–Kier alpha value is -3.03. The molecule has 1 amide bonds. The molecule has 8 heteroatoms. The summed E-state index contributed by atoms with van der Waals surface area (Å²) in [4.78, 5) is 30.3. The molecular weight excluding hydrogens is 480 g/mol. The number of carbonyl (C=O) groups excluding carboxylic acids is 2. The van der Waals surface area contributed by atoms with Gasteiger partial charge in [-0.3, -0.25) is 9.59 Å². The molecule has 3 rings (SSSR count). The number of ketones is 1. The average molecular weight is 515 g/mol. The number of carbonyl (C=O) groups is 2. The normalized spacial score (nSPS) is 17.2. The summed E-state index contributed by atoms with van der Waals surface area (Å²) in [5.74, 6) is -0.450. The Balaban J connectivity index is 2.09. The van der Waals surface area contributed by atoms with Crippen molar-refractivity contribution in [2.75, 3.05) is 39.4 Å². The molecule has 0 unspecified atom stereocenters. The van der Waals surface area contributed by atoms with Crippen LogP contribution in [-0.2, 0) is 9.59 Å². The van der Waals surface area contributed by atoms with Gasteiger partial charge < -0.3 is 24.4 Å². The van der Waals surface area contributed by atoms with Crippen LogP contribution >= 0.6 is 11.6 Å². The monoisotopic (exact) mass is 514 g/mol. The summed E-state index contributed by atoms with van der Waals surface area (Å²) in [7, 11) is 0. The fraction of sp³-hybridized carbons (Fsp3) is 0.429. The first kappa shape index (κ1) is 27.6. The molecule has 194 valence electrons. The molecule has 0 radical (unpaired) electrons. The Morgan fingerprint density at radius 1 is 0.972 bits per heavy atom. The summed E-state index contributed by atoms with van der Waals surface area (Å²) in [6.45, 7) is 11.8. The smallest absolute Gasteiger partial charge is 0.295 e. The Kier molecular flexibility index (Phi) is 9.79. The van der Waals surface area contributed by atoms with Crippen LogP contribution < -0.4 is 9.47 Å². The number of hydrogen-bond donors (Lipinski definition) is 1. The minimum absolute atomic E-state index is 0.0526. The largest absolute Gasteiger partial charge is 0.507 e. The lowest BCUT2D eigenvalue weighted by Crippen LogP contribution is -2.33. The van der Waals surface area contributed by atoms with E-state index < -0.39 is 17.7 Å². The summed E-state index contributed by atoms with van der Waals surface area (Å²) in [5.41, 5.74) is 1.14. The molecule has 2 aromatic rings. The van der Waals surface area contributed by atoms with Crippen LogP contribution in [0.4, 0.5) is 0 Å². The van der Waals surface area contributed by atoms with Crippen molar-refractivity contribution in [2.45, 2.75) is 40.2 Å². The van der Waals surface area contributed by atoms with Crippen molar-refractivity contribution >= 4 is 29.1 Å². The van der Waals surface area contributed by atoms with Gasteiger partial charge in [0.05, 0.1) is 24.8 Å². The summed E-state index contributed by atoms with van der Waals surface area (Å²) in [6.07, 6.45) is 0.696. The third kappa shape index (κ3) is 6.02. The van der Waals surface area contributed by atoms with Gasteiger partial charge in [0.25, 0.3) is 11.7 Å². The minimum Gasteiger partial charge on any atom is -0.507 e. The number of Topliss-reactive ketones (excluding diaryl/α,β-unsaturated/α-hetero) is 1. The minimum atomic E-state index is -0.757. The molecule has 0 aliphatic carbocycles. The van der Waals surface area contributed by atoms with Crippen molar-refractivity contribution in [3.8, 4) is 11.5 Å². The summed E-state index contributed by atoms with van der Waals surface area (Å²) < 4.78 is 11.5. The van der Waals surface area contributed by atoms with E-state index in [1.165, 1.54) is 0 Å². The van der Waals surface area contributed by atoms with E-state index in [0.29, 0.717) is 53.8 Å². The number of nitrogens with zero attached hydrogens (tertiary/aromatic N) is 2. The number of hydrogen-bond acceptors (Lipinski definition) is 6. The number of ether oxygens (including phenoxy) is 2. The zero-order chi connectivity index (χ0) is 26.2. The summed E-state index contributed by atoms with van der Waals surface area (Å²) >= 11 is 6.01. The maximum atomic E-state index is 13.3. The summed E-state index contributed by atoms with van der Waals surface area (Å²) in [5, 5.41) is 11.7. The van der Waals surface area contributed by atoms with Crippen LogP contribution in [0.15, 0.2) is 48.0 Å². The van der Waals surface area contributed by atoms with Crippen LogP contribution in [0.1, 0.15) is 51.3 Å². The van der Waals surface area contributed by atoms with Crippen LogP contribution in [0.2, 0.25) is 5.02 Å². The fourth-order valence-corrected chi connectivity index (χ4v) is 4.59. The molecule has 1 N–H and O–H groups in total. The van der Waals surface area contributed by atoms with E-state index in [9.17, 15) is 14.7 Å². The van der Waals surface area contributed by atoms with E-state index >= 15 is 0 Å². The number of aliphatic hydroxyl groups is 1. The van der Waals surface area contributed by atoms with E-state index in [4.69, 9.17) is 21.1 Å². The van der Waals surface area contributed by atoms with E-state index in [1.807, 2.05) is 19.9 Å². The first-order valence-corrected chi connectivity index (χ1v) is 12.9. The highest BCUT2D eigenvalue weighted by Gasteiger charge is 2.46. The van der Waals surface area contributed by atoms with E-state index in [-0.39, 0.29) is 11.3 Å². The second-order valence-corrected chi connectivity index (χ2v) is 8.89. The van der Waals surface area contributed by atoms with Gasteiger partial charge in [-0.15, -0.1) is 0 Å². The van der Waals surface area contributed by atoms with Gasteiger partial charge in [-0.2, -0.15) is 0 Å². The lowest BCUT2D eigenvalue weighted by Gasteiger charge is -2.27. The van der Waals surface area contributed by atoms with Gasteiger partial charge in [0.15, 0.2) is 11.5 Å². The predicted octanol–water partition coefficient (Wildman–Crippen LogP) is 5.29. The highest BCUT2D eigenvalue weighted by atomic mass is 35.5. The van der Waals surface area contributed by atoms with E-state index in [2.05, 4.69) is 18.7 Å². The van der Waals surface area contributed by atoms with Crippen molar-refractivity contribution < 1.29 is 24.2 Å². The number of benzene rings is 2. The maximum absolute atomic E-state index is 13.3. The van der Waals surface area contributed by atoms with Crippen LogP contribution in [0.3, 0.4) is 0 Å². The molecule has 0 saturated carbocycles. The Morgan fingerprint density at radius 3 is 2.22 bits per heavy atom. The number of rotatable bonds is 12. The zero-order valence-electron chi connectivity index (χ0n) is 21.4. The van der Waals surface area contributed by atoms with Gasteiger partial charge in [-0.1, -0.05) is 31.5 Å². The standard InChI is InChI=1S/C28H35ClN2O5/c1-5-30(6-2)16-9-17-31-25(20-12-15-22(35-7-3)23(18-20)36-8-4)24(27(33)28(31)34)26(32)19-10-13-21(29)14-11-19/h10-15,18,25,32H,5-9,16-17H2,1-4H3/b26-24+/t25-/m0/s1. The Labute approximate surface area is 218 Å². The predicted molar refractivity (Wildman–Crippen MR) is 142 cm³/mol. The number of likely N-dealkylation sites (tertiary alicyclic amines) is 1. The Morgan fingerprint density at radius 2 is 1.61 bits per heavy atom. The van der Waals surface area contributed by atoms with Crippen molar-refractivity contribution in [1.29, 1.82) is 0 Å². The third-order valence-electron chi connectivity index (χ3n) is 6.31. The van der Waals surface area contributed by atoms with Gasteiger partial charge in [-0.25, -0.2) is 0 Å². The van der Waals surface area contributed by atoms with Crippen LogP contribution in [-0.4, -0.2) is 66.0 Å². The maximum Gasteiger partial charge on any atom is 0.295 e. The highest BCUT2D eigenvalue weighted by Crippen LogP contribution is 2.42. The molecule has 36 heavy (non-hydrogen) atoms. The van der Waals surface area contributed by atoms with Gasteiger partial charge in [0.1, 0.15) is 5.76 Å². The second-order valence-electron chi connectivity index (χ2n) is 8.45. The molecule has 1 aliphatic rings. The number of amides is 1. The second kappa shape index (κ2) is 12.8. The van der Waals surface area contributed by atoms with Gasteiger partial charge in [-0.05, 0) is 81.9 Å². The third-order valence-corrected chi connectivity index (χ3v) is 6.56. The molecular formula is C28H35ClN2O5. The number of halogens is 1. The molecule has 0 bridgehead atoms. The van der Waals surface area contributed by atoms with Crippen molar-refractivity contribution in [3.05, 3.63) is 64.2 Å². The number of aliphatic hydroxyl groups excluding tert-OH is 1. The van der Waals surface area contributed by atoms with Crippen LogP contribution in [0, 0.1) is 0 Å². The van der Waals surface area contributed by atoms with E-state index in [0.717, 1.165) is 19.6 Å². The SMILES string of the molecule is CCOc1ccc([C@H]2/C(=C(\O)c3ccc(Cl)cc3)C(=O)C(=O)N2CCCN(CC)CC)cc1OCC. The fourth-order valence-electron chi connectivity index (χ4n) is 4.46. The molecule has 7 nitrogen and oxygen atoms in total. The van der Waals surface area contributed by atoms with E-state index in [1.54, 1.807) is 41.3 Å². The molecule has 1 fully saturated rings. The van der Waals surface area contributed by atoms with Crippen LogP contribution in [0.5, 0.6) is 11.5 Å². The van der Waals surface area contributed by atoms with Gasteiger partial charge in [0.2, 0.25) is 0 Å². The van der Waals surface area contributed by atoms with Gasteiger partial charge in [0, 0.05) is 17.1 Å². The topological polar surface area (TPSA) is 79.3 Å². The summed E-state index contributed by atoms with van der Waals surface area (Å²) in [6, 6.07) is 11.2. The molecule has 0 spiro atoms. The highest BCUT2D eigenvalue weighted by molar-refractivity contribution is 6.46. The van der Waals surface area contributed by atoms with Gasteiger partial charge >= 0.3 is 0 Å². The lowest BCUT2D eigenvalue weighted by atomic mass is 9.95. The van der Waals surface area contributed by atoms with Crippen molar-refractivity contribution in [2.24, 2.45) is 0 Å². The quantitative estimate of drug-likeness (QED) is 0.235. The van der Waals surface area contributed by atoms with Crippen molar-refractivity contribution in [3.63, 3.8) is 0 Å². The molecule has 1 saturated heterocycles. The molecule has 1 heterocycles. The molecule has 2 aromatic carbocycles. The van der Waals surface area contributed by atoms with Crippen LogP contribution in [0.25, 0.3) is 5.76 Å². The molecule has 1 aliphatic heterocycles. The first-order chi connectivity index (χ1) is 17.4. The lowest BCUT2D eigenvalue weighted by molar-refractivity contribution is -0.140. The first-order valence-electron chi connectivity index (χ1n) is 12.5. The zero-order valence-corrected chi connectivity index (χ0v) is 22.2.